The van der Waals surface area contributed by atoms with Crippen molar-refractivity contribution >= 4 is 22.6 Å². The van der Waals surface area contributed by atoms with Crippen LogP contribution in [-0.2, 0) is 21.1 Å². The maximum atomic E-state index is 12.1. The van der Waals surface area contributed by atoms with E-state index in [0.717, 1.165) is 35.4 Å². The fraction of sp³-hybridized carbons (Fsp3) is 0.400. The van der Waals surface area contributed by atoms with Crippen LogP contribution < -0.4 is 10.1 Å². The van der Waals surface area contributed by atoms with Gasteiger partial charge in [0.1, 0.15) is 16.4 Å². The summed E-state index contributed by atoms with van der Waals surface area (Å²) >= 11 is 0. The van der Waals surface area contributed by atoms with Crippen LogP contribution in [0.5, 0.6) is 5.75 Å². The Hall–Kier alpha value is -2.41. The number of aromatic nitrogens is 1. The van der Waals surface area contributed by atoms with Gasteiger partial charge in [-0.2, -0.15) is 0 Å². The number of nitrogens with zero attached hydrogens (tertiary/aromatic N) is 1. The predicted octanol–water partition coefficient (Wildman–Crippen LogP) is 4.15. The van der Waals surface area contributed by atoms with Crippen molar-refractivity contribution in [2.75, 3.05) is 17.7 Å². The number of hydrogen-bond acceptors (Lipinski definition) is 5. The number of fused-ring (bicyclic) bond motifs is 1. The highest BCUT2D eigenvalue weighted by Gasteiger charge is 2.34. The van der Waals surface area contributed by atoms with Crippen molar-refractivity contribution in [1.29, 1.82) is 0 Å². The van der Waals surface area contributed by atoms with E-state index in [1.54, 1.807) is 12.3 Å². The molecule has 0 saturated carbocycles. The van der Waals surface area contributed by atoms with Gasteiger partial charge in [0.05, 0.1) is 23.1 Å². The minimum Gasteiger partial charge on any atom is -0.494 e. The number of nitrogens with one attached hydrogen (secondary N) is 1. The summed E-state index contributed by atoms with van der Waals surface area (Å²) in [4.78, 5) is 15.8. The maximum absolute atomic E-state index is 12.1. The highest BCUT2D eigenvalue weighted by molar-refractivity contribution is 7.84. The molecule has 0 radical (unpaired) electrons. The molecule has 2 heterocycles. The number of amides is 1. The lowest BCUT2D eigenvalue weighted by Crippen LogP contribution is -2.35. The van der Waals surface area contributed by atoms with Crippen LogP contribution in [0.15, 0.2) is 41.6 Å². The van der Waals surface area contributed by atoms with Gasteiger partial charge in [0.25, 0.3) is 0 Å². The zero-order chi connectivity index (χ0) is 19.4. The number of carbonyl (C=O) groups is 1. The second-order valence-corrected chi connectivity index (χ2v) is 8.48. The first-order valence-electron chi connectivity index (χ1n) is 8.94. The molecule has 27 heavy (non-hydrogen) atoms. The zero-order valence-electron chi connectivity index (χ0n) is 15.8. The van der Waals surface area contributed by atoms with Gasteiger partial charge in [-0.05, 0) is 63.4 Å². The van der Waals surface area contributed by atoms with E-state index < -0.39 is 22.5 Å². The van der Waals surface area contributed by atoms with Gasteiger partial charge in [-0.15, -0.1) is 0 Å². The molecule has 1 unspecified atom stereocenters. The van der Waals surface area contributed by atoms with Gasteiger partial charge in [0.2, 0.25) is 0 Å². The van der Waals surface area contributed by atoms with Gasteiger partial charge < -0.3 is 9.47 Å². The summed E-state index contributed by atoms with van der Waals surface area (Å²) in [6, 6.07) is 9.26. The fourth-order valence-corrected chi connectivity index (χ4v) is 4.09. The van der Waals surface area contributed by atoms with E-state index in [1.807, 2.05) is 45.0 Å². The maximum Gasteiger partial charge on any atom is 0.412 e. The van der Waals surface area contributed by atoms with Crippen LogP contribution in [0.25, 0.3) is 0 Å². The van der Waals surface area contributed by atoms with Gasteiger partial charge in [0, 0.05) is 17.5 Å². The van der Waals surface area contributed by atoms with Crippen molar-refractivity contribution in [3.8, 4) is 5.75 Å². The molecule has 1 atom stereocenters. The second kappa shape index (κ2) is 8.08. The first-order valence-corrected chi connectivity index (χ1v) is 10.3. The van der Waals surface area contributed by atoms with E-state index in [-0.39, 0.29) is 0 Å². The van der Waals surface area contributed by atoms with Crippen molar-refractivity contribution in [3.63, 3.8) is 0 Å². The van der Waals surface area contributed by atoms with Crippen molar-refractivity contribution in [1.82, 2.24) is 4.98 Å². The molecule has 1 aliphatic rings. The number of cyclic esters (lactones) is 1. The van der Waals surface area contributed by atoms with Crippen LogP contribution in [-0.4, -0.2) is 27.6 Å². The summed E-state index contributed by atoms with van der Waals surface area (Å²) in [5, 5.41) is 3.38. The minimum absolute atomic E-state index is 0.440. The smallest absolute Gasteiger partial charge is 0.412 e. The van der Waals surface area contributed by atoms with Gasteiger partial charge in [-0.3, -0.25) is 9.53 Å². The van der Waals surface area contributed by atoms with Crippen LogP contribution in [0.3, 0.4) is 0 Å². The van der Waals surface area contributed by atoms with Gasteiger partial charge in [0.15, 0.2) is 0 Å². The lowest BCUT2D eigenvalue weighted by molar-refractivity contribution is 0.0417. The average molecular weight is 388 g/mol. The Labute approximate surface area is 161 Å². The van der Waals surface area contributed by atoms with E-state index >= 15 is 0 Å². The molecule has 1 aliphatic heterocycles. The molecule has 0 aliphatic carbocycles. The molecule has 0 bridgehead atoms. The van der Waals surface area contributed by atoms with E-state index in [4.69, 9.17) is 9.47 Å². The SMILES string of the molecule is Cc1cc(OCCCCS(=O)c2ccccn2)cc2c1NC(=O)OC2(C)C. The fourth-order valence-electron chi connectivity index (χ4n) is 3.00. The highest BCUT2D eigenvalue weighted by Crippen LogP contribution is 2.39. The molecule has 1 aromatic carbocycles. The van der Waals surface area contributed by atoms with E-state index in [2.05, 4.69) is 10.3 Å². The molecular formula is C20H24N2O4S. The molecule has 7 heteroatoms. The standard InChI is InChI=1S/C20H24N2O4S/c1-14-12-15(13-16-18(14)22-19(23)26-20(16,2)3)25-10-6-7-11-27(24)17-8-4-5-9-21-17/h4-5,8-9,12-13H,6-7,10-11H2,1-3H3,(H,22,23). The van der Waals surface area contributed by atoms with E-state index in [9.17, 15) is 9.00 Å². The molecule has 1 N–H and O–H groups in total. The first-order chi connectivity index (χ1) is 12.9. The van der Waals surface area contributed by atoms with Crippen LogP contribution in [0.1, 0.15) is 37.8 Å². The molecule has 0 saturated heterocycles. The van der Waals surface area contributed by atoms with Crippen molar-refractivity contribution in [2.45, 2.75) is 44.2 Å². The molecule has 2 aromatic rings. The Bertz CT molecular complexity index is 853. The molecule has 3 rings (SSSR count). The molecule has 1 aromatic heterocycles. The summed E-state index contributed by atoms with van der Waals surface area (Å²) < 4.78 is 23.4. The predicted molar refractivity (Wildman–Crippen MR) is 105 cm³/mol. The Morgan fingerprint density at radius 3 is 2.81 bits per heavy atom. The molecule has 6 nitrogen and oxygen atoms in total. The monoisotopic (exact) mass is 388 g/mol. The van der Waals surface area contributed by atoms with Crippen LogP contribution >= 0.6 is 0 Å². The number of anilines is 1. The summed E-state index contributed by atoms with van der Waals surface area (Å²) in [5.41, 5.74) is 1.91. The first kappa shape index (κ1) is 19.4. The lowest BCUT2D eigenvalue weighted by atomic mass is 9.92. The number of hydrogen-bond donors (Lipinski definition) is 1. The second-order valence-electron chi connectivity index (χ2n) is 6.96. The summed E-state index contributed by atoms with van der Waals surface area (Å²) in [7, 11) is -1.07. The minimum atomic E-state index is -1.07. The van der Waals surface area contributed by atoms with Crippen molar-refractivity contribution in [2.24, 2.45) is 0 Å². The van der Waals surface area contributed by atoms with Gasteiger partial charge >= 0.3 is 6.09 Å². The Balaban J connectivity index is 1.54. The number of aryl methyl sites for hydroxylation is 1. The molecule has 0 fully saturated rings. The molecular weight excluding hydrogens is 364 g/mol. The summed E-state index contributed by atoms with van der Waals surface area (Å²) in [5.74, 6) is 1.31. The molecule has 1 amide bonds. The molecule has 0 spiro atoms. The third-order valence-corrected chi connectivity index (χ3v) is 5.76. The third-order valence-electron chi connectivity index (χ3n) is 4.40. The average Bonchev–Trinajstić information content (AvgIpc) is 2.62. The topological polar surface area (TPSA) is 77.5 Å². The lowest BCUT2D eigenvalue weighted by Gasteiger charge is -2.33. The van der Waals surface area contributed by atoms with Gasteiger partial charge in [-0.1, -0.05) is 6.07 Å². The van der Waals surface area contributed by atoms with Crippen LogP contribution in [0.4, 0.5) is 10.5 Å². The zero-order valence-corrected chi connectivity index (χ0v) is 16.6. The molecule has 144 valence electrons. The Morgan fingerprint density at radius 2 is 2.07 bits per heavy atom. The van der Waals surface area contributed by atoms with Crippen molar-refractivity contribution in [3.05, 3.63) is 47.7 Å². The quantitative estimate of drug-likeness (QED) is 0.721. The number of benzene rings is 1. The normalized spacial score (nSPS) is 16.0. The Morgan fingerprint density at radius 1 is 1.26 bits per heavy atom. The number of pyridine rings is 1. The number of rotatable bonds is 7. The third kappa shape index (κ3) is 4.66. The van der Waals surface area contributed by atoms with Crippen molar-refractivity contribution < 1.29 is 18.5 Å². The largest absolute Gasteiger partial charge is 0.494 e. The summed E-state index contributed by atoms with van der Waals surface area (Å²) in [6.07, 6.45) is 2.80. The number of ether oxygens (including phenoxy) is 2. The van der Waals surface area contributed by atoms with E-state index in [1.165, 1.54) is 0 Å². The number of carbonyl (C=O) groups excluding carboxylic acids is 1. The van der Waals surface area contributed by atoms with Crippen LogP contribution in [0.2, 0.25) is 0 Å². The summed E-state index contributed by atoms with van der Waals surface area (Å²) in [6.45, 7) is 6.19. The highest BCUT2D eigenvalue weighted by atomic mass is 32.2. The van der Waals surface area contributed by atoms with E-state index in [0.29, 0.717) is 17.4 Å². The Kier molecular flexibility index (Phi) is 5.79. The van der Waals surface area contributed by atoms with Crippen LogP contribution in [0, 0.1) is 6.92 Å². The van der Waals surface area contributed by atoms with Gasteiger partial charge in [-0.25, -0.2) is 9.78 Å². The number of unbranched alkanes of at least 4 members (excludes halogenated alkanes) is 1.